The number of carbonyl (C=O) groups is 1. The van der Waals surface area contributed by atoms with Gasteiger partial charge in [0.15, 0.2) is 0 Å². The number of carbonyl (C=O) groups excluding carboxylic acids is 1. The van der Waals surface area contributed by atoms with Crippen molar-refractivity contribution < 1.29 is 14.3 Å². The van der Waals surface area contributed by atoms with E-state index in [0.717, 1.165) is 31.3 Å². The molecule has 0 aliphatic carbocycles. The molecule has 3 nitrogen and oxygen atoms in total. The van der Waals surface area contributed by atoms with Gasteiger partial charge in [0.1, 0.15) is 11.9 Å². The molecule has 0 saturated carbocycles. The van der Waals surface area contributed by atoms with E-state index in [1.165, 1.54) is 0 Å². The van der Waals surface area contributed by atoms with Crippen LogP contribution in [0.25, 0.3) is 0 Å². The molecule has 0 unspecified atom stereocenters. The van der Waals surface area contributed by atoms with Gasteiger partial charge in [-0.3, -0.25) is 0 Å². The zero-order chi connectivity index (χ0) is 10.9. The molecule has 0 aromatic carbocycles. The first kappa shape index (κ1) is 10.7. The average Bonchev–Trinajstić information content (AvgIpc) is 2.58. The lowest BCUT2D eigenvalue weighted by Crippen LogP contribution is -2.41. The summed E-state index contributed by atoms with van der Waals surface area (Å²) in [6.45, 7) is 4.01. The van der Waals surface area contributed by atoms with E-state index in [0.29, 0.717) is 6.42 Å². The van der Waals surface area contributed by atoms with E-state index >= 15 is 0 Å². The highest BCUT2D eigenvalue weighted by atomic mass is 16.6. The molecule has 84 valence electrons. The molecule has 1 saturated heterocycles. The Hall–Kier alpha value is -0.830. The van der Waals surface area contributed by atoms with Crippen LogP contribution in [0.2, 0.25) is 0 Å². The van der Waals surface area contributed by atoms with E-state index in [9.17, 15) is 4.79 Å². The van der Waals surface area contributed by atoms with E-state index in [1.807, 2.05) is 19.9 Å². The lowest BCUT2D eigenvalue weighted by molar-refractivity contribution is -0.113. The Kier molecular flexibility index (Phi) is 2.83. The second kappa shape index (κ2) is 3.97. The lowest BCUT2D eigenvalue weighted by atomic mass is 9.90. The number of ether oxygens (including phenoxy) is 2. The molecule has 2 bridgehead atoms. The maximum Gasteiger partial charge on any atom is 0.132 e. The van der Waals surface area contributed by atoms with E-state index in [2.05, 4.69) is 0 Å². The fraction of sp³-hybridized carbons (Fsp3) is 0.750. The van der Waals surface area contributed by atoms with Crippen LogP contribution in [0.15, 0.2) is 11.8 Å². The van der Waals surface area contributed by atoms with Crippen LogP contribution < -0.4 is 0 Å². The van der Waals surface area contributed by atoms with Crippen molar-refractivity contribution in [2.75, 3.05) is 0 Å². The molecule has 2 aliphatic rings. The van der Waals surface area contributed by atoms with Crippen LogP contribution in [0.5, 0.6) is 0 Å². The maximum atomic E-state index is 10.5. The zero-order valence-electron chi connectivity index (χ0n) is 9.36. The van der Waals surface area contributed by atoms with E-state index in [4.69, 9.17) is 9.47 Å². The number of rotatable bonds is 3. The number of allylic oxidation sites excluding steroid dienone is 1. The second-order valence-corrected chi connectivity index (χ2v) is 4.64. The maximum absolute atomic E-state index is 10.5. The number of hydrogen-bond acceptors (Lipinski definition) is 3. The van der Waals surface area contributed by atoms with Crippen molar-refractivity contribution in [1.29, 1.82) is 0 Å². The molecular weight excluding hydrogens is 192 g/mol. The van der Waals surface area contributed by atoms with Crippen molar-refractivity contribution in [2.24, 2.45) is 0 Å². The number of fused-ring (bicyclic) bond motifs is 2. The normalized spacial score (nSPS) is 39.2. The molecule has 0 amide bonds. The topological polar surface area (TPSA) is 35.5 Å². The minimum atomic E-state index is -0.327. The van der Waals surface area contributed by atoms with Crippen LogP contribution in [0.3, 0.4) is 0 Å². The van der Waals surface area contributed by atoms with Crippen molar-refractivity contribution in [2.45, 2.75) is 57.3 Å². The standard InChI is InChI=1S/C12H18O3/c1-9-8-10-4-5-11(14-10)12(2,15-9)6-3-7-13/h7-8,10-11H,3-6H2,1-2H3/t10-,11+,12+/m0/s1. The monoisotopic (exact) mass is 210 g/mol. The predicted octanol–water partition coefficient (Wildman–Crippen LogP) is 2.21. The molecule has 0 N–H and O–H groups in total. The molecule has 0 radical (unpaired) electrons. The summed E-state index contributed by atoms with van der Waals surface area (Å²) in [6.07, 6.45) is 6.72. The summed E-state index contributed by atoms with van der Waals surface area (Å²) in [5.41, 5.74) is -0.327. The van der Waals surface area contributed by atoms with Crippen LogP contribution in [-0.2, 0) is 14.3 Å². The molecule has 0 aromatic heterocycles. The molecule has 2 heterocycles. The summed E-state index contributed by atoms with van der Waals surface area (Å²) < 4.78 is 11.8. The summed E-state index contributed by atoms with van der Waals surface area (Å²) in [5.74, 6) is 0.926. The Balaban J connectivity index is 2.15. The molecule has 1 fully saturated rings. The van der Waals surface area contributed by atoms with Gasteiger partial charge in [0.05, 0.1) is 18.0 Å². The van der Waals surface area contributed by atoms with E-state index in [1.54, 1.807) is 0 Å². The van der Waals surface area contributed by atoms with Gasteiger partial charge >= 0.3 is 0 Å². The third-order valence-corrected chi connectivity index (χ3v) is 3.31. The van der Waals surface area contributed by atoms with Crippen LogP contribution >= 0.6 is 0 Å². The highest BCUT2D eigenvalue weighted by Gasteiger charge is 2.43. The van der Waals surface area contributed by atoms with Gasteiger partial charge < -0.3 is 14.3 Å². The third-order valence-electron chi connectivity index (χ3n) is 3.31. The van der Waals surface area contributed by atoms with Gasteiger partial charge in [-0.1, -0.05) is 0 Å². The SMILES string of the molecule is CC1=C[C@@H]2CC[C@@H](O2)[C@@](C)(CCC=O)O1. The average molecular weight is 210 g/mol. The number of aldehydes is 1. The first-order valence-electron chi connectivity index (χ1n) is 5.60. The van der Waals surface area contributed by atoms with Gasteiger partial charge in [-0.15, -0.1) is 0 Å². The summed E-state index contributed by atoms with van der Waals surface area (Å²) in [4.78, 5) is 10.5. The third kappa shape index (κ3) is 2.07. The highest BCUT2D eigenvalue weighted by Crippen LogP contribution is 2.38. The predicted molar refractivity (Wildman–Crippen MR) is 56.4 cm³/mol. The largest absolute Gasteiger partial charge is 0.490 e. The smallest absolute Gasteiger partial charge is 0.132 e. The highest BCUT2D eigenvalue weighted by molar-refractivity contribution is 5.49. The molecule has 3 atom stereocenters. The zero-order valence-corrected chi connectivity index (χ0v) is 9.36. The van der Waals surface area contributed by atoms with Gasteiger partial charge in [0.2, 0.25) is 0 Å². The Morgan fingerprint density at radius 2 is 2.40 bits per heavy atom. The molecule has 3 heteroatoms. The Morgan fingerprint density at radius 1 is 1.60 bits per heavy atom. The number of hydrogen-bond donors (Lipinski definition) is 0. The van der Waals surface area contributed by atoms with Crippen LogP contribution in [0.4, 0.5) is 0 Å². The molecule has 0 spiro atoms. The molecule has 15 heavy (non-hydrogen) atoms. The van der Waals surface area contributed by atoms with Crippen molar-refractivity contribution >= 4 is 6.29 Å². The van der Waals surface area contributed by atoms with Gasteiger partial charge in [-0.25, -0.2) is 0 Å². The van der Waals surface area contributed by atoms with E-state index in [-0.39, 0.29) is 17.8 Å². The quantitative estimate of drug-likeness (QED) is 0.670. The molecular formula is C12H18O3. The summed E-state index contributed by atoms with van der Waals surface area (Å²) in [6, 6.07) is 0. The fourth-order valence-corrected chi connectivity index (χ4v) is 2.52. The molecule has 2 rings (SSSR count). The Labute approximate surface area is 90.4 Å². The second-order valence-electron chi connectivity index (χ2n) is 4.64. The molecule has 2 aliphatic heterocycles. The van der Waals surface area contributed by atoms with Crippen molar-refractivity contribution in [3.05, 3.63) is 11.8 Å². The van der Waals surface area contributed by atoms with Crippen molar-refractivity contribution in [3.8, 4) is 0 Å². The van der Waals surface area contributed by atoms with Crippen LogP contribution in [0.1, 0.15) is 39.5 Å². The minimum absolute atomic E-state index is 0.135. The van der Waals surface area contributed by atoms with Crippen molar-refractivity contribution in [3.63, 3.8) is 0 Å². The first-order valence-corrected chi connectivity index (χ1v) is 5.60. The van der Waals surface area contributed by atoms with Gasteiger partial charge in [-0.05, 0) is 39.2 Å². The van der Waals surface area contributed by atoms with Gasteiger partial charge in [-0.2, -0.15) is 0 Å². The van der Waals surface area contributed by atoms with Gasteiger partial charge in [0, 0.05) is 6.42 Å². The molecule has 0 aromatic rings. The lowest BCUT2D eigenvalue weighted by Gasteiger charge is -2.34. The van der Waals surface area contributed by atoms with Gasteiger partial charge in [0.25, 0.3) is 0 Å². The van der Waals surface area contributed by atoms with Crippen LogP contribution in [-0.4, -0.2) is 24.1 Å². The van der Waals surface area contributed by atoms with Crippen molar-refractivity contribution in [1.82, 2.24) is 0 Å². The first-order chi connectivity index (χ1) is 7.14. The van der Waals surface area contributed by atoms with E-state index < -0.39 is 0 Å². The minimum Gasteiger partial charge on any atom is -0.490 e. The summed E-state index contributed by atoms with van der Waals surface area (Å²) >= 11 is 0. The fourth-order valence-electron chi connectivity index (χ4n) is 2.52. The summed E-state index contributed by atoms with van der Waals surface area (Å²) in [7, 11) is 0. The Morgan fingerprint density at radius 3 is 3.13 bits per heavy atom. The summed E-state index contributed by atoms with van der Waals surface area (Å²) in [5, 5.41) is 0. The van der Waals surface area contributed by atoms with Crippen LogP contribution in [0, 0.1) is 0 Å². The Bertz CT molecular complexity index is 285.